The second-order valence-corrected chi connectivity index (χ2v) is 5.12. The largest absolute Gasteiger partial charge is 0.356 e. The first-order valence-corrected chi connectivity index (χ1v) is 5.90. The lowest BCUT2D eigenvalue weighted by atomic mass is 10.7. The van der Waals surface area contributed by atoms with Crippen LogP contribution in [0.5, 0.6) is 0 Å². The molecule has 0 spiro atoms. The SMILES string of the molecule is COC(C)OC(C)[SiH2]CCN. The predicted octanol–water partition coefficient (Wildman–Crippen LogP) is -0.113. The van der Waals surface area contributed by atoms with Gasteiger partial charge < -0.3 is 15.2 Å². The Morgan fingerprint density at radius 1 is 1.45 bits per heavy atom. The van der Waals surface area contributed by atoms with Crippen molar-refractivity contribution in [1.29, 1.82) is 0 Å². The van der Waals surface area contributed by atoms with Crippen molar-refractivity contribution in [1.82, 2.24) is 0 Å². The van der Waals surface area contributed by atoms with E-state index in [0.29, 0.717) is 5.73 Å². The first kappa shape index (κ1) is 11.1. The molecule has 0 aromatic carbocycles. The summed E-state index contributed by atoms with van der Waals surface area (Å²) >= 11 is 0. The molecule has 0 aliphatic heterocycles. The van der Waals surface area contributed by atoms with Gasteiger partial charge in [-0.25, -0.2) is 0 Å². The summed E-state index contributed by atoms with van der Waals surface area (Å²) in [5.41, 5.74) is 5.77. The highest BCUT2D eigenvalue weighted by molar-refractivity contribution is 6.37. The van der Waals surface area contributed by atoms with E-state index in [1.54, 1.807) is 7.11 Å². The molecule has 0 aromatic rings. The van der Waals surface area contributed by atoms with Gasteiger partial charge in [0.05, 0.1) is 9.52 Å². The molecule has 0 aliphatic carbocycles. The van der Waals surface area contributed by atoms with Crippen molar-refractivity contribution in [3.63, 3.8) is 0 Å². The summed E-state index contributed by atoms with van der Waals surface area (Å²) in [6.07, 6.45) is -0.0738. The number of methoxy groups -OCH3 is 1. The molecule has 0 heterocycles. The van der Waals surface area contributed by atoms with Gasteiger partial charge in [-0.3, -0.25) is 0 Å². The van der Waals surface area contributed by atoms with E-state index in [2.05, 4.69) is 6.92 Å². The van der Waals surface area contributed by atoms with E-state index in [9.17, 15) is 0 Å². The van der Waals surface area contributed by atoms with Crippen molar-refractivity contribution in [2.75, 3.05) is 13.7 Å². The fourth-order valence-corrected chi connectivity index (χ4v) is 2.07. The Morgan fingerprint density at radius 2 is 2.09 bits per heavy atom. The molecule has 0 rings (SSSR count). The van der Waals surface area contributed by atoms with Gasteiger partial charge in [0, 0.05) is 12.8 Å². The van der Waals surface area contributed by atoms with Crippen LogP contribution < -0.4 is 5.73 Å². The minimum Gasteiger partial charge on any atom is -0.356 e. The Bertz CT molecular complexity index is 92.5. The molecule has 2 atom stereocenters. The highest BCUT2D eigenvalue weighted by Gasteiger charge is 2.06. The standard InChI is InChI=1S/C7H19NO2Si/c1-6(9-3)10-7(2)11-5-4-8/h6-7H,4-5,8,11H2,1-3H3. The number of hydrogen-bond acceptors (Lipinski definition) is 3. The van der Waals surface area contributed by atoms with Crippen molar-refractivity contribution in [2.45, 2.75) is 31.9 Å². The number of ether oxygens (including phenoxy) is 2. The highest BCUT2D eigenvalue weighted by atomic mass is 28.2. The molecule has 0 bridgehead atoms. The molecule has 2 unspecified atom stereocenters. The Kier molecular flexibility index (Phi) is 6.85. The molecule has 4 heteroatoms. The molecule has 3 nitrogen and oxygen atoms in total. The minimum absolute atomic E-state index is 0.0738. The van der Waals surface area contributed by atoms with Crippen LogP contribution in [0, 0.1) is 0 Å². The molecule has 0 amide bonds. The van der Waals surface area contributed by atoms with Crippen molar-refractivity contribution < 1.29 is 9.47 Å². The third-order valence-electron chi connectivity index (χ3n) is 1.57. The van der Waals surface area contributed by atoms with Crippen LogP contribution in [-0.4, -0.2) is 35.2 Å². The zero-order valence-corrected chi connectivity index (χ0v) is 9.08. The third kappa shape index (κ3) is 6.49. The minimum atomic E-state index is -0.144. The molecule has 0 radical (unpaired) electrons. The predicted molar refractivity (Wildman–Crippen MR) is 49.4 cm³/mol. The van der Waals surface area contributed by atoms with Gasteiger partial charge in [0.1, 0.15) is 0 Å². The normalized spacial score (nSPS) is 17.5. The summed E-state index contributed by atoms with van der Waals surface area (Å²) in [5, 5.41) is 0. The topological polar surface area (TPSA) is 44.5 Å². The zero-order chi connectivity index (χ0) is 8.69. The molecule has 0 aromatic heterocycles. The second kappa shape index (κ2) is 6.79. The maximum Gasteiger partial charge on any atom is 0.154 e. The Hall–Kier alpha value is 0.0969. The lowest BCUT2D eigenvalue weighted by molar-refractivity contribution is -0.119. The van der Waals surface area contributed by atoms with Crippen LogP contribution in [-0.2, 0) is 9.47 Å². The van der Waals surface area contributed by atoms with E-state index in [4.69, 9.17) is 15.2 Å². The van der Waals surface area contributed by atoms with E-state index in [0.717, 1.165) is 12.6 Å². The molecule has 0 saturated heterocycles. The zero-order valence-electron chi connectivity index (χ0n) is 7.67. The summed E-state index contributed by atoms with van der Waals surface area (Å²) in [5.74, 6) is 0. The Morgan fingerprint density at radius 3 is 2.55 bits per heavy atom. The quantitative estimate of drug-likeness (QED) is 0.455. The van der Waals surface area contributed by atoms with Crippen LogP contribution in [0.2, 0.25) is 6.04 Å². The van der Waals surface area contributed by atoms with Crippen LogP contribution >= 0.6 is 0 Å². The van der Waals surface area contributed by atoms with Crippen molar-refractivity contribution in [3.8, 4) is 0 Å². The molecule has 0 aliphatic rings. The van der Waals surface area contributed by atoms with Crippen LogP contribution in [0.4, 0.5) is 0 Å². The van der Waals surface area contributed by atoms with Gasteiger partial charge in [0.15, 0.2) is 6.29 Å². The summed E-state index contributed by atoms with van der Waals surface area (Å²) in [7, 11) is 1.51. The molecule has 11 heavy (non-hydrogen) atoms. The number of rotatable bonds is 6. The van der Waals surface area contributed by atoms with Crippen molar-refractivity contribution in [3.05, 3.63) is 0 Å². The van der Waals surface area contributed by atoms with Crippen molar-refractivity contribution >= 4 is 9.52 Å². The van der Waals surface area contributed by atoms with Crippen LogP contribution in [0.1, 0.15) is 13.8 Å². The lowest BCUT2D eigenvalue weighted by Crippen LogP contribution is -2.25. The summed E-state index contributed by atoms with van der Waals surface area (Å²) in [4.78, 5) is 0. The smallest absolute Gasteiger partial charge is 0.154 e. The maximum atomic E-state index is 5.49. The monoisotopic (exact) mass is 177 g/mol. The van der Waals surface area contributed by atoms with Gasteiger partial charge in [-0.1, -0.05) is 0 Å². The fourth-order valence-electron chi connectivity index (χ4n) is 0.856. The molecule has 0 saturated carbocycles. The number of nitrogens with two attached hydrogens (primary N) is 1. The van der Waals surface area contributed by atoms with E-state index < -0.39 is 0 Å². The average Bonchev–Trinajstić information content (AvgIpc) is 2.00. The average molecular weight is 177 g/mol. The third-order valence-corrected chi connectivity index (χ3v) is 3.39. The van der Waals surface area contributed by atoms with Crippen LogP contribution in [0.3, 0.4) is 0 Å². The first-order valence-electron chi connectivity index (χ1n) is 4.09. The van der Waals surface area contributed by atoms with Crippen molar-refractivity contribution in [2.24, 2.45) is 5.73 Å². The number of hydrogen-bond donors (Lipinski definition) is 1. The summed E-state index contributed by atoms with van der Waals surface area (Å²) in [6, 6.07) is 1.15. The second-order valence-electron chi connectivity index (χ2n) is 2.68. The summed E-state index contributed by atoms with van der Waals surface area (Å²) < 4.78 is 10.5. The highest BCUT2D eigenvalue weighted by Crippen LogP contribution is 1.98. The molecule has 2 N–H and O–H groups in total. The molecule has 0 fully saturated rings. The summed E-state index contributed by atoms with van der Waals surface area (Å²) in [6.45, 7) is 4.80. The van der Waals surface area contributed by atoms with Gasteiger partial charge in [0.25, 0.3) is 0 Å². The van der Waals surface area contributed by atoms with Gasteiger partial charge in [-0.15, -0.1) is 0 Å². The van der Waals surface area contributed by atoms with Gasteiger partial charge >= 0.3 is 0 Å². The molecule has 68 valence electrons. The van der Waals surface area contributed by atoms with Gasteiger partial charge in [0.2, 0.25) is 0 Å². The lowest BCUT2D eigenvalue weighted by Gasteiger charge is -2.16. The van der Waals surface area contributed by atoms with E-state index in [1.807, 2.05) is 6.92 Å². The molecular weight excluding hydrogens is 158 g/mol. The maximum absolute atomic E-state index is 5.49. The van der Waals surface area contributed by atoms with E-state index in [-0.39, 0.29) is 15.8 Å². The Balaban J connectivity index is 3.27. The Labute approximate surface area is 71.1 Å². The van der Waals surface area contributed by atoms with E-state index in [1.165, 1.54) is 0 Å². The fraction of sp³-hybridized carbons (Fsp3) is 1.00. The van der Waals surface area contributed by atoms with Gasteiger partial charge in [-0.05, 0) is 26.4 Å². The van der Waals surface area contributed by atoms with Crippen LogP contribution in [0.15, 0.2) is 0 Å². The van der Waals surface area contributed by atoms with Gasteiger partial charge in [-0.2, -0.15) is 0 Å². The van der Waals surface area contributed by atoms with Crippen LogP contribution in [0.25, 0.3) is 0 Å². The molecular formula is C7H19NO2Si. The van der Waals surface area contributed by atoms with E-state index >= 15 is 0 Å². The first-order chi connectivity index (χ1) is 5.20.